The summed E-state index contributed by atoms with van der Waals surface area (Å²) in [6.45, 7) is -1.29. The Kier molecular flexibility index (Phi) is 5.91. The third-order valence-corrected chi connectivity index (χ3v) is 3.47. The van der Waals surface area contributed by atoms with Crippen molar-refractivity contribution in [1.29, 1.82) is 0 Å². The predicted molar refractivity (Wildman–Crippen MR) is 87.8 cm³/mol. The van der Waals surface area contributed by atoms with E-state index in [1.807, 2.05) is 0 Å². The molecule has 1 heterocycles. The number of amides is 1. The zero-order valence-electron chi connectivity index (χ0n) is 12.8. The summed E-state index contributed by atoms with van der Waals surface area (Å²) in [6.07, 6.45) is 1.62. The molecule has 0 radical (unpaired) electrons. The van der Waals surface area contributed by atoms with E-state index in [1.54, 1.807) is 19.2 Å². The van der Waals surface area contributed by atoms with Gasteiger partial charge in [0, 0.05) is 16.2 Å². The number of nitrogens with zero attached hydrogens (tertiary/aromatic N) is 1. The average molecular weight is 402 g/mol. The molecular formula is C15H14BrF2N3O3. The molecule has 1 aromatic heterocycles. The first kappa shape index (κ1) is 17.9. The quantitative estimate of drug-likeness (QED) is 0.574. The lowest BCUT2D eigenvalue weighted by molar-refractivity contribution is -0.0512. The standard InChI is InChI=1S/C15H14BrF2N3O3/c1-8(20-21-14(22)11-6-10(16)7-19-11)9-3-4-12(24-15(17)18)13(5-9)23-2/h3-7,15,19H,1-2H3,(H,21,22)/b20-8-. The molecule has 1 amide bonds. The molecule has 0 saturated carbocycles. The summed E-state index contributed by atoms with van der Waals surface area (Å²) in [7, 11) is 1.34. The summed E-state index contributed by atoms with van der Waals surface area (Å²) < 4.78 is 34.7. The first-order valence-electron chi connectivity index (χ1n) is 6.72. The van der Waals surface area contributed by atoms with Gasteiger partial charge in [-0.25, -0.2) is 5.43 Å². The minimum absolute atomic E-state index is 0.0793. The SMILES string of the molecule is COc1cc(/C(C)=N\NC(=O)c2cc(Br)c[nH]2)ccc1OC(F)F. The maximum Gasteiger partial charge on any atom is 0.387 e. The Bertz CT molecular complexity index is 762. The van der Waals surface area contributed by atoms with Crippen LogP contribution in [0.1, 0.15) is 23.0 Å². The summed E-state index contributed by atoms with van der Waals surface area (Å²) in [6, 6.07) is 5.99. The van der Waals surface area contributed by atoms with Crippen molar-refractivity contribution in [3.05, 3.63) is 46.2 Å². The third kappa shape index (κ3) is 4.54. The molecule has 0 aliphatic rings. The van der Waals surface area contributed by atoms with Gasteiger partial charge in [-0.15, -0.1) is 0 Å². The van der Waals surface area contributed by atoms with Crippen molar-refractivity contribution in [2.75, 3.05) is 7.11 Å². The molecule has 0 unspecified atom stereocenters. The van der Waals surface area contributed by atoms with Crippen molar-refractivity contribution < 1.29 is 23.0 Å². The number of nitrogens with one attached hydrogen (secondary N) is 2. The van der Waals surface area contributed by atoms with Gasteiger partial charge in [0.05, 0.1) is 12.8 Å². The van der Waals surface area contributed by atoms with Gasteiger partial charge in [-0.3, -0.25) is 4.79 Å². The molecule has 0 aliphatic heterocycles. The molecule has 0 atom stereocenters. The lowest BCUT2D eigenvalue weighted by Gasteiger charge is -2.11. The van der Waals surface area contributed by atoms with Crippen LogP contribution in [0.25, 0.3) is 0 Å². The van der Waals surface area contributed by atoms with Crippen LogP contribution >= 0.6 is 15.9 Å². The Hall–Kier alpha value is -2.42. The van der Waals surface area contributed by atoms with Crippen molar-refractivity contribution >= 4 is 27.5 Å². The number of H-pyrrole nitrogens is 1. The average Bonchev–Trinajstić information content (AvgIpc) is 2.98. The highest BCUT2D eigenvalue weighted by Gasteiger charge is 2.12. The van der Waals surface area contributed by atoms with E-state index < -0.39 is 12.5 Å². The number of benzene rings is 1. The molecule has 0 aliphatic carbocycles. The van der Waals surface area contributed by atoms with E-state index in [-0.39, 0.29) is 11.5 Å². The number of rotatable bonds is 6. The Morgan fingerprint density at radius 3 is 2.67 bits per heavy atom. The number of aromatic nitrogens is 1. The lowest BCUT2D eigenvalue weighted by Crippen LogP contribution is -2.19. The van der Waals surface area contributed by atoms with Gasteiger partial charge >= 0.3 is 6.61 Å². The third-order valence-electron chi connectivity index (χ3n) is 3.02. The minimum atomic E-state index is -2.95. The van der Waals surface area contributed by atoms with Crippen LogP contribution in [0.15, 0.2) is 40.0 Å². The fourth-order valence-corrected chi connectivity index (χ4v) is 2.19. The molecule has 0 spiro atoms. The van der Waals surface area contributed by atoms with Crippen molar-refractivity contribution in [2.45, 2.75) is 13.5 Å². The van der Waals surface area contributed by atoms with Gasteiger partial charge in [0.25, 0.3) is 5.91 Å². The zero-order valence-corrected chi connectivity index (χ0v) is 14.4. The number of hydrogen-bond donors (Lipinski definition) is 2. The van der Waals surface area contributed by atoms with Gasteiger partial charge in [0.2, 0.25) is 0 Å². The number of hydrazone groups is 1. The summed E-state index contributed by atoms with van der Waals surface area (Å²) in [5.41, 5.74) is 3.80. The number of carbonyl (C=O) groups is 1. The van der Waals surface area contributed by atoms with Crippen LogP contribution < -0.4 is 14.9 Å². The van der Waals surface area contributed by atoms with Gasteiger partial charge < -0.3 is 14.5 Å². The van der Waals surface area contributed by atoms with E-state index in [9.17, 15) is 13.6 Å². The van der Waals surface area contributed by atoms with Crippen molar-refractivity contribution in [1.82, 2.24) is 10.4 Å². The second-order valence-electron chi connectivity index (χ2n) is 4.61. The fourth-order valence-electron chi connectivity index (χ4n) is 1.84. The molecule has 24 heavy (non-hydrogen) atoms. The van der Waals surface area contributed by atoms with Gasteiger partial charge in [-0.05, 0) is 47.1 Å². The van der Waals surface area contributed by atoms with Crippen LogP contribution in [0.5, 0.6) is 11.5 Å². The van der Waals surface area contributed by atoms with Crippen LogP contribution in [0.3, 0.4) is 0 Å². The number of halogens is 3. The molecule has 0 saturated heterocycles. The van der Waals surface area contributed by atoms with Crippen molar-refractivity contribution in [2.24, 2.45) is 5.10 Å². The van der Waals surface area contributed by atoms with Crippen LogP contribution in [0.2, 0.25) is 0 Å². The van der Waals surface area contributed by atoms with E-state index in [0.29, 0.717) is 17.0 Å². The Balaban J connectivity index is 2.13. The topological polar surface area (TPSA) is 75.7 Å². The van der Waals surface area contributed by atoms with Crippen LogP contribution in [-0.4, -0.2) is 30.3 Å². The smallest absolute Gasteiger partial charge is 0.387 e. The minimum Gasteiger partial charge on any atom is -0.493 e. The van der Waals surface area contributed by atoms with Crippen molar-refractivity contribution in [3.63, 3.8) is 0 Å². The molecule has 0 fully saturated rings. The van der Waals surface area contributed by atoms with Gasteiger partial charge in [-0.2, -0.15) is 13.9 Å². The highest BCUT2D eigenvalue weighted by Crippen LogP contribution is 2.29. The maximum absolute atomic E-state index is 12.3. The van der Waals surface area contributed by atoms with Crippen LogP contribution in [-0.2, 0) is 0 Å². The molecule has 128 valence electrons. The normalized spacial score (nSPS) is 11.5. The maximum atomic E-state index is 12.3. The molecule has 0 bridgehead atoms. The van der Waals surface area contributed by atoms with Crippen molar-refractivity contribution in [3.8, 4) is 11.5 Å². The van der Waals surface area contributed by atoms with Gasteiger partial charge in [0.15, 0.2) is 11.5 Å². The first-order chi connectivity index (χ1) is 11.4. The highest BCUT2D eigenvalue weighted by atomic mass is 79.9. The molecule has 1 aromatic carbocycles. The number of ether oxygens (including phenoxy) is 2. The molecule has 6 nitrogen and oxygen atoms in total. The molecule has 2 aromatic rings. The number of hydrogen-bond acceptors (Lipinski definition) is 4. The Labute approximate surface area is 145 Å². The summed E-state index contributed by atoms with van der Waals surface area (Å²) in [5, 5.41) is 3.98. The second kappa shape index (κ2) is 7.91. The second-order valence-corrected chi connectivity index (χ2v) is 5.53. The van der Waals surface area contributed by atoms with Crippen LogP contribution in [0, 0.1) is 0 Å². The number of aromatic amines is 1. The van der Waals surface area contributed by atoms with Crippen LogP contribution in [0.4, 0.5) is 8.78 Å². The fraction of sp³-hybridized carbons (Fsp3) is 0.200. The van der Waals surface area contributed by atoms with E-state index >= 15 is 0 Å². The largest absolute Gasteiger partial charge is 0.493 e. The number of alkyl halides is 2. The van der Waals surface area contributed by atoms with E-state index in [2.05, 4.69) is 36.2 Å². The molecule has 2 N–H and O–H groups in total. The molecular weight excluding hydrogens is 388 g/mol. The number of carbonyl (C=O) groups excluding carboxylic acids is 1. The monoisotopic (exact) mass is 401 g/mol. The summed E-state index contributed by atoms with van der Waals surface area (Å²) >= 11 is 3.23. The molecule has 2 rings (SSSR count). The Morgan fingerprint density at radius 2 is 2.08 bits per heavy atom. The number of methoxy groups -OCH3 is 1. The Morgan fingerprint density at radius 1 is 1.33 bits per heavy atom. The van der Waals surface area contributed by atoms with E-state index in [1.165, 1.54) is 25.3 Å². The summed E-state index contributed by atoms with van der Waals surface area (Å²) in [4.78, 5) is 14.7. The van der Waals surface area contributed by atoms with E-state index in [4.69, 9.17) is 4.74 Å². The molecule has 9 heteroatoms. The lowest BCUT2D eigenvalue weighted by atomic mass is 10.1. The first-order valence-corrected chi connectivity index (χ1v) is 7.51. The zero-order chi connectivity index (χ0) is 17.7. The summed E-state index contributed by atoms with van der Waals surface area (Å²) in [5.74, 6) is -0.351. The van der Waals surface area contributed by atoms with E-state index in [0.717, 1.165) is 4.47 Å². The van der Waals surface area contributed by atoms with Gasteiger partial charge in [-0.1, -0.05) is 0 Å². The highest BCUT2D eigenvalue weighted by molar-refractivity contribution is 9.10. The van der Waals surface area contributed by atoms with Gasteiger partial charge in [0.1, 0.15) is 5.69 Å². The predicted octanol–water partition coefficient (Wildman–Crippen LogP) is 3.54.